The van der Waals surface area contributed by atoms with Crippen LogP contribution in [0.5, 0.6) is 0 Å². The van der Waals surface area contributed by atoms with Crippen molar-refractivity contribution in [2.75, 3.05) is 13.1 Å². The van der Waals surface area contributed by atoms with Gasteiger partial charge in [0.15, 0.2) is 0 Å². The van der Waals surface area contributed by atoms with Gasteiger partial charge in [0.05, 0.1) is 6.42 Å². The minimum atomic E-state index is -1.46. The monoisotopic (exact) mass is 564 g/mol. The number of alkyl carbamates (subject to hydrolysis) is 1. The van der Waals surface area contributed by atoms with Crippen LogP contribution in [-0.2, 0) is 40.0 Å². The van der Waals surface area contributed by atoms with E-state index in [0.29, 0.717) is 0 Å². The Hall–Kier alpha value is -3.65. The topological polar surface area (TPSA) is 181 Å². The number of hydrogen-bond donors (Lipinski definition) is 5. The lowest BCUT2D eigenvalue weighted by molar-refractivity contribution is -0.156. The molecule has 0 aliphatic heterocycles. The molecule has 0 saturated heterocycles. The third-order valence-corrected chi connectivity index (χ3v) is 4.69. The van der Waals surface area contributed by atoms with Crippen LogP contribution in [-0.4, -0.2) is 78.3 Å². The van der Waals surface area contributed by atoms with E-state index in [2.05, 4.69) is 21.2 Å². The predicted molar refractivity (Wildman–Crippen MR) is 147 cm³/mol. The van der Waals surface area contributed by atoms with Gasteiger partial charge in [0.1, 0.15) is 36.4 Å². The second kappa shape index (κ2) is 15.8. The van der Waals surface area contributed by atoms with Crippen LogP contribution in [0.3, 0.4) is 0 Å². The molecule has 0 spiro atoms. The fourth-order valence-corrected chi connectivity index (χ4v) is 3.10. The van der Waals surface area contributed by atoms with Gasteiger partial charge in [-0.05, 0) is 53.9 Å². The van der Waals surface area contributed by atoms with Gasteiger partial charge in [-0.1, -0.05) is 30.3 Å². The Morgan fingerprint density at radius 2 is 1.43 bits per heavy atom. The summed E-state index contributed by atoms with van der Waals surface area (Å²) in [6.45, 7) is 10.5. The second-order valence-electron chi connectivity index (χ2n) is 11.0. The Balaban J connectivity index is 2.98. The molecule has 5 N–H and O–H groups in total. The van der Waals surface area contributed by atoms with Gasteiger partial charge in [-0.3, -0.25) is 19.2 Å². The zero-order valence-electron chi connectivity index (χ0n) is 24.2. The molecule has 0 heterocycles. The van der Waals surface area contributed by atoms with Crippen LogP contribution in [0, 0.1) is 0 Å². The van der Waals surface area contributed by atoms with Gasteiger partial charge in [-0.2, -0.15) is 0 Å². The molecule has 2 unspecified atom stereocenters. The standard InChI is InChI=1S/C26H41BN4O9/c1-25(2,3)39-20(32)13-18(22(34)28-15-21(33)40-26(4,5)6)30-23(35)19(14-29-27(7)37)31-24(36)38-16-17-11-9-8-10-12-17/h8-12,18-19,29,37H,13-16H2,1-7H3,(H,28,34)(H,30,35)(H,31,36). The number of ether oxygens (including phenoxy) is 3. The van der Waals surface area contributed by atoms with Crippen molar-refractivity contribution >= 4 is 36.9 Å². The van der Waals surface area contributed by atoms with E-state index in [1.807, 2.05) is 6.07 Å². The SMILES string of the molecule is CB(O)NCC(NC(=O)OCc1ccccc1)C(=O)NC(CC(=O)OC(C)(C)C)C(=O)NCC(=O)OC(C)(C)C. The highest BCUT2D eigenvalue weighted by Crippen LogP contribution is 2.10. The van der Waals surface area contributed by atoms with Gasteiger partial charge in [0.2, 0.25) is 11.8 Å². The number of benzene rings is 1. The molecule has 0 saturated carbocycles. The lowest BCUT2D eigenvalue weighted by Crippen LogP contribution is -2.58. The zero-order chi connectivity index (χ0) is 30.5. The molecule has 0 fully saturated rings. The third-order valence-electron chi connectivity index (χ3n) is 4.69. The Bertz CT molecular complexity index is 1010. The number of rotatable bonds is 13. The van der Waals surface area contributed by atoms with Crippen LogP contribution in [0.25, 0.3) is 0 Å². The van der Waals surface area contributed by atoms with E-state index in [1.54, 1.807) is 65.8 Å². The van der Waals surface area contributed by atoms with Gasteiger partial charge in [0.25, 0.3) is 0 Å². The number of hydrogen-bond acceptors (Lipinski definition) is 10. The minimum absolute atomic E-state index is 0.0564. The van der Waals surface area contributed by atoms with Gasteiger partial charge in [-0.25, -0.2) is 4.79 Å². The van der Waals surface area contributed by atoms with Crippen molar-refractivity contribution in [3.05, 3.63) is 35.9 Å². The first kappa shape index (κ1) is 34.4. The fourth-order valence-electron chi connectivity index (χ4n) is 3.10. The average Bonchev–Trinajstić information content (AvgIpc) is 2.81. The molecule has 40 heavy (non-hydrogen) atoms. The zero-order valence-corrected chi connectivity index (χ0v) is 24.2. The van der Waals surface area contributed by atoms with E-state index in [-0.39, 0.29) is 13.2 Å². The molecule has 0 bridgehead atoms. The van der Waals surface area contributed by atoms with E-state index in [4.69, 9.17) is 14.2 Å². The second-order valence-corrected chi connectivity index (χ2v) is 11.0. The van der Waals surface area contributed by atoms with Crippen LogP contribution >= 0.6 is 0 Å². The lowest BCUT2D eigenvalue weighted by Gasteiger charge is -2.25. The van der Waals surface area contributed by atoms with Crippen LogP contribution in [0.15, 0.2) is 30.3 Å². The molecule has 222 valence electrons. The van der Waals surface area contributed by atoms with Crippen molar-refractivity contribution in [3.8, 4) is 0 Å². The van der Waals surface area contributed by atoms with E-state index in [0.717, 1.165) is 5.56 Å². The number of amides is 3. The molecule has 14 heteroatoms. The number of carbonyl (C=O) groups excluding carboxylic acids is 5. The largest absolute Gasteiger partial charge is 0.460 e. The summed E-state index contributed by atoms with van der Waals surface area (Å²) in [6.07, 6.45) is -1.48. The van der Waals surface area contributed by atoms with E-state index < -0.39 is 73.1 Å². The average molecular weight is 564 g/mol. The maximum Gasteiger partial charge on any atom is 0.408 e. The highest BCUT2D eigenvalue weighted by molar-refractivity contribution is 6.45. The molecule has 0 aliphatic carbocycles. The molecule has 1 aromatic carbocycles. The molecule has 3 amide bonds. The predicted octanol–water partition coefficient (Wildman–Crippen LogP) is 0.656. The van der Waals surface area contributed by atoms with Crippen molar-refractivity contribution in [2.24, 2.45) is 0 Å². The van der Waals surface area contributed by atoms with Crippen molar-refractivity contribution in [1.82, 2.24) is 21.2 Å². The maximum absolute atomic E-state index is 13.1. The highest BCUT2D eigenvalue weighted by atomic mass is 16.6. The van der Waals surface area contributed by atoms with E-state index >= 15 is 0 Å². The fraction of sp³-hybridized carbons (Fsp3) is 0.577. The normalized spacial score (nSPS) is 12.8. The molecular weight excluding hydrogens is 523 g/mol. The molecule has 13 nitrogen and oxygen atoms in total. The van der Waals surface area contributed by atoms with E-state index in [1.165, 1.54) is 6.82 Å². The quantitative estimate of drug-likeness (QED) is 0.130. The summed E-state index contributed by atoms with van der Waals surface area (Å²) in [7, 11) is -1.02. The summed E-state index contributed by atoms with van der Waals surface area (Å²) in [5, 5.41) is 19.4. The van der Waals surface area contributed by atoms with E-state index in [9.17, 15) is 29.0 Å². The molecule has 0 aromatic heterocycles. The van der Waals surface area contributed by atoms with Crippen molar-refractivity contribution in [1.29, 1.82) is 0 Å². The first-order valence-electron chi connectivity index (χ1n) is 12.9. The molecular formula is C26H41BN4O9. The van der Waals surface area contributed by atoms with Crippen LogP contribution in [0.1, 0.15) is 53.5 Å². The van der Waals surface area contributed by atoms with Gasteiger partial charge < -0.3 is 40.4 Å². The molecule has 0 aliphatic rings. The summed E-state index contributed by atoms with van der Waals surface area (Å²) >= 11 is 0. The summed E-state index contributed by atoms with van der Waals surface area (Å²) < 4.78 is 15.6. The van der Waals surface area contributed by atoms with Gasteiger partial charge in [0, 0.05) is 6.54 Å². The van der Waals surface area contributed by atoms with Gasteiger partial charge >= 0.3 is 25.1 Å². The minimum Gasteiger partial charge on any atom is -0.460 e. The van der Waals surface area contributed by atoms with Crippen molar-refractivity contribution < 1.29 is 43.2 Å². The van der Waals surface area contributed by atoms with Crippen LogP contribution < -0.4 is 21.2 Å². The Morgan fingerprint density at radius 3 is 1.98 bits per heavy atom. The van der Waals surface area contributed by atoms with Crippen molar-refractivity contribution in [3.63, 3.8) is 0 Å². The maximum atomic E-state index is 13.1. The molecule has 1 rings (SSSR count). The molecule has 0 radical (unpaired) electrons. The molecule has 2 atom stereocenters. The van der Waals surface area contributed by atoms with Crippen molar-refractivity contribution in [2.45, 2.75) is 84.7 Å². The van der Waals surface area contributed by atoms with Crippen LogP contribution in [0.2, 0.25) is 6.82 Å². The van der Waals surface area contributed by atoms with Crippen LogP contribution in [0.4, 0.5) is 4.79 Å². The number of esters is 2. The summed E-state index contributed by atoms with van der Waals surface area (Å²) in [5.41, 5.74) is -0.914. The summed E-state index contributed by atoms with van der Waals surface area (Å²) in [6, 6.07) is 6.10. The first-order chi connectivity index (χ1) is 18.4. The highest BCUT2D eigenvalue weighted by Gasteiger charge is 2.31. The summed E-state index contributed by atoms with van der Waals surface area (Å²) in [4.78, 5) is 63.0. The third kappa shape index (κ3) is 15.7. The molecule has 1 aromatic rings. The smallest absolute Gasteiger partial charge is 0.408 e. The Labute approximate surface area is 235 Å². The number of carbonyl (C=O) groups is 5. The Kier molecular flexibility index (Phi) is 13.6. The first-order valence-corrected chi connectivity index (χ1v) is 12.9. The summed E-state index contributed by atoms with van der Waals surface area (Å²) in [5.74, 6) is -3.20. The Morgan fingerprint density at radius 1 is 0.850 bits per heavy atom. The number of nitrogens with one attached hydrogen (secondary N) is 4. The van der Waals surface area contributed by atoms with Gasteiger partial charge in [-0.15, -0.1) is 0 Å². The lowest BCUT2D eigenvalue weighted by atomic mass is 9.88.